The van der Waals surface area contributed by atoms with Crippen LogP contribution < -0.4 is 5.32 Å². The molecular weight excluding hydrogens is 386 g/mol. The van der Waals surface area contributed by atoms with Gasteiger partial charge in [-0.15, -0.1) is 0 Å². The lowest BCUT2D eigenvalue weighted by Gasteiger charge is -2.56. The molecule has 0 spiro atoms. The summed E-state index contributed by atoms with van der Waals surface area (Å²) in [5.41, 5.74) is 4.47. The van der Waals surface area contributed by atoms with E-state index in [4.69, 9.17) is 5.10 Å². The molecule has 4 bridgehead atoms. The Kier molecular flexibility index (Phi) is 4.14. The van der Waals surface area contributed by atoms with Crippen LogP contribution in [0.25, 0.3) is 5.69 Å². The van der Waals surface area contributed by atoms with Gasteiger partial charge in [-0.1, -0.05) is 18.2 Å². The van der Waals surface area contributed by atoms with Gasteiger partial charge < -0.3 is 5.32 Å². The molecule has 0 aliphatic heterocycles. The molecule has 4 saturated carbocycles. The summed E-state index contributed by atoms with van der Waals surface area (Å²) < 4.78 is 3.68. The molecule has 0 saturated heterocycles. The molecule has 2 heterocycles. The van der Waals surface area contributed by atoms with Crippen molar-refractivity contribution in [1.82, 2.24) is 19.6 Å². The average Bonchev–Trinajstić information content (AvgIpc) is 3.34. The molecule has 4 aliphatic rings. The van der Waals surface area contributed by atoms with Gasteiger partial charge in [-0.25, -0.2) is 4.68 Å². The smallest absolute Gasteiger partial charge is 0.259 e. The fourth-order valence-electron chi connectivity index (χ4n) is 6.86. The Morgan fingerprint density at radius 1 is 1.06 bits per heavy atom. The third kappa shape index (κ3) is 3.03. The Labute approximate surface area is 182 Å². The van der Waals surface area contributed by atoms with Crippen molar-refractivity contribution in [3.05, 3.63) is 59.7 Å². The van der Waals surface area contributed by atoms with Crippen LogP contribution in [0.3, 0.4) is 0 Å². The van der Waals surface area contributed by atoms with Gasteiger partial charge in [-0.3, -0.25) is 9.48 Å². The zero-order valence-corrected chi connectivity index (χ0v) is 18.2. The molecule has 0 unspecified atom stereocenters. The molecule has 1 amide bonds. The largest absolute Gasteiger partial charge is 0.319 e. The lowest BCUT2D eigenvalue weighted by atomic mass is 9.48. The molecule has 1 aromatic carbocycles. The normalized spacial score (nSPS) is 28.8. The zero-order chi connectivity index (χ0) is 21.2. The number of hydrogen-bond donors (Lipinski definition) is 1. The minimum Gasteiger partial charge on any atom is -0.319 e. The first-order valence-electron chi connectivity index (χ1n) is 11.5. The number of benzene rings is 1. The number of para-hydroxylation sites is 1. The Morgan fingerprint density at radius 3 is 2.29 bits per heavy atom. The summed E-state index contributed by atoms with van der Waals surface area (Å²) in [4.78, 5) is 13.5. The predicted octanol–water partition coefficient (Wildman–Crippen LogP) is 4.63. The summed E-state index contributed by atoms with van der Waals surface area (Å²) in [5, 5.41) is 12.5. The molecule has 160 valence electrons. The molecular formula is C25H29N5O. The Morgan fingerprint density at radius 2 is 1.71 bits per heavy atom. The minimum absolute atomic E-state index is 0.0471. The van der Waals surface area contributed by atoms with Gasteiger partial charge >= 0.3 is 0 Å². The second-order valence-electron chi connectivity index (χ2n) is 10.1. The van der Waals surface area contributed by atoms with Crippen LogP contribution in [0.2, 0.25) is 0 Å². The fourth-order valence-corrected chi connectivity index (χ4v) is 6.86. The maximum atomic E-state index is 13.5. The lowest BCUT2D eigenvalue weighted by molar-refractivity contribution is -0.00765. The first-order valence-corrected chi connectivity index (χ1v) is 11.5. The maximum Gasteiger partial charge on any atom is 0.259 e. The zero-order valence-electron chi connectivity index (χ0n) is 18.2. The van der Waals surface area contributed by atoms with E-state index in [-0.39, 0.29) is 11.3 Å². The van der Waals surface area contributed by atoms with Crippen LogP contribution in [-0.4, -0.2) is 25.5 Å². The SMILES string of the molecule is Cc1c(NC(=O)c2cn(-c3ccccc3)nc2C23CC4CC(CC(C4)C2)C3)cnn1C. The van der Waals surface area contributed by atoms with E-state index in [1.165, 1.54) is 38.5 Å². The van der Waals surface area contributed by atoms with E-state index >= 15 is 0 Å². The van der Waals surface area contributed by atoms with E-state index in [1.807, 2.05) is 55.2 Å². The minimum atomic E-state index is -0.0796. The van der Waals surface area contributed by atoms with E-state index in [0.717, 1.165) is 40.5 Å². The molecule has 7 rings (SSSR count). The third-order valence-electron chi connectivity index (χ3n) is 8.00. The summed E-state index contributed by atoms with van der Waals surface area (Å²) in [6, 6.07) is 10.1. The van der Waals surface area contributed by atoms with Crippen molar-refractivity contribution in [3.63, 3.8) is 0 Å². The van der Waals surface area contributed by atoms with Crippen molar-refractivity contribution >= 4 is 11.6 Å². The molecule has 0 atom stereocenters. The molecule has 6 heteroatoms. The predicted molar refractivity (Wildman–Crippen MR) is 119 cm³/mol. The molecule has 4 fully saturated rings. The van der Waals surface area contributed by atoms with E-state index < -0.39 is 0 Å². The second kappa shape index (κ2) is 6.81. The number of carbonyl (C=O) groups is 1. The van der Waals surface area contributed by atoms with Gasteiger partial charge in [0.15, 0.2) is 0 Å². The summed E-state index contributed by atoms with van der Waals surface area (Å²) in [5.74, 6) is 2.31. The Hall–Kier alpha value is -2.89. The van der Waals surface area contributed by atoms with E-state index in [9.17, 15) is 4.79 Å². The number of nitrogens with zero attached hydrogens (tertiary/aromatic N) is 4. The fraction of sp³-hybridized carbons (Fsp3) is 0.480. The molecule has 6 nitrogen and oxygen atoms in total. The van der Waals surface area contributed by atoms with Crippen molar-refractivity contribution < 1.29 is 4.79 Å². The van der Waals surface area contributed by atoms with E-state index in [2.05, 4.69) is 10.4 Å². The van der Waals surface area contributed by atoms with Gasteiger partial charge in [0, 0.05) is 18.7 Å². The highest BCUT2D eigenvalue weighted by Crippen LogP contribution is 2.60. The van der Waals surface area contributed by atoms with Crippen molar-refractivity contribution in [1.29, 1.82) is 0 Å². The first kappa shape index (κ1) is 18.8. The van der Waals surface area contributed by atoms with Crippen LogP contribution in [0.1, 0.15) is 60.3 Å². The highest BCUT2D eigenvalue weighted by atomic mass is 16.1. The summed E-state index contributed by atoms with van der Waals surface area (Å²) in [7, 11) is 1.89. The number of carbonyl (C=O) groups excluding carboxylic acids is 1. The number of rotatable bonds is 4. The van der Waals surface area contributed by atoms with Crippen LogP contribution in [0.5, 0.6) is 0 Å². The number of nitrogens with one attached hydrogen (secondary N) is 1. The molecule has 3 aromatic rings. The number of aromatic nitrogens is 4. The molecule has 0 radical (unpaired) electrons. The number of anilines is 1. The van der Waals surface area contributed by atoms with Crippen LogP contribution in [0.4, 0.5) is 5.69 Å². The first-order chi connectivity index (χ1) is 15.0. The monoisotopic (exact) mass is 415 g/mol. The van der Waals surface area contributed by atoms with Crippen LogP contribution >= 0.6 is 0 Å². The quantitative estimate of drug-likeness (QED) is 0.675. The van der Waals surface area contributed by atoms with Gasteiger partial charge in [0.25, 0.3) is 5.91 Å². The third-order valence-corrected chi connectivity index (χ3v) is 8.00. The van der Waals surface area contributed by atoms with Crippen LogP contribution in [0, 0.1) is 24.7 Å². The molecule has 4 aliphatic carbocycles. The van der Waals surface area contributed by atoms with Crippen molar-refractivity contribution in [2.24, 2.45) is 24.8 Å². The topological polar surface area (TPSA) is 64.7 Å². The van der Waals surface area contributed by atoms with Gasteiger partial charge in [-0.05, 0) is 75.3 Å². The lowest BCUT2D eigenvalue weighted by Crippen LogP contribution is -2.49. The maximum absolute atomic E-state index is 13.5. The number of amides is 1. The van der Waals surface area contributed by atoms with Gasteiger partial charge in [-0.2, -0.15) is 10.2 Å². The molecule has 31 heavy (non-hydrogen) atoms. The summed E-state index contributed by atoms with van der Waals surface area (Å²) in [6.45, 7) is 1.97. The van der Waals surface area contributed by atoms with Crippen molar-refractivity contribution in [2.45, 2.75) is 50.9 Å². The van der Waals surface area contributed by atoms with Crippen molar-refractivity contribution in [3.8, 4) is 5.69 Å². The van der Waals surface area contributed by atoms with E-state index in [1.54, 1.807) is 10.9 Å². The standard InChI is InChI=1S/C25H29N5O/c1-16-22(14-26-29(16)2)27-24(31)21-15-30(20-6-4-3-5-7-20)28-23(21)25-11-17-8-18(12-25)10-19(9-17)13-25/h3-7,14-15,17-19H,8-13H2,1-2H3,(H,27,31). The highest BCUT2D eigenvalue weighted by molar-refractivity contribution is 6.05. The second-order valence-corrected chi connectivity index (χ2v) is 10.1. The van der Waals surface area contributed by atoms with Gasteiger partial charge in [0.1, 0.15) is 0 Å². The number of hydrogen-bond acceptors (Lipinski definition) is 3. The van der Waals surface area contributed by atoms with Crippen LogP contribution in [0.15, 0.2) is 42.7 Å². The molecule has 2 aromatic heterocycles. The Bertz CT molecular complexity index is 1110. The Balaban J connectivity index is 1.43. The summed E-state index contributed by atoms with van der Waals surface area (Å²) in [6.07, 6.45) is 11.3. The van der Waals surface area contributed by atoms with Gasteiger partial charge in [0.2, 0.25) is 0 Å². The number of aryl methyl sites for hydroxylation is 1. The summed E-state index contributed by atoms with van der Waals surface area (Å²) >= 11 is 0. The van der Waals surface area contributed by atoms with Crippen LogP contribution in [-0.2, 0) is 12.5 Å². The molecule has 1 N–H and O–H groups in total. The van der Waals surface area contributed by atoms with Gasteiger partial charge in [0.05, 0.1) is 34.5 Å². The highest BCUT2D eigenvalue weighted by Gasteiger charge is 2.53. The average molecular weight is 416 g/mol. The van der Waals surface area contributed by atoms with Crippen molar-refractivity contribution in [2.75, 3.05) is 5.32 Å². The van der Waals surface area contributed by atoms with E-state index in [0.29, 0.717) is 5.56 Å².